The molecular formula is C22H22O5. The van der Waals surface area contributed by atoms with E-state index >= 15 is 0 Å². The van der Waals surface area contributed by atoms with E-state index < -0.39 is 12.1 Å². The zero-order valence-electron chi connectivity index (χ0n) is 15.9. The molecule has 3 aromatic rings. The van der Waals surface area contributed by atoms with Crippen LogP contribution in [0.3, 0.4) is 0 Å². The van der Waals surface area contributed by atoms with Crippen LogP contribution in [0, 0.1) is 13.8 Å². The van der Waals surface area contributed by atoms with Crippen LogP contribution in [-0.2, 0) is 16.1 Å². The van der Waals surface area contributed by atoms with Gasteiger partial charge in [0.25, 0.3) is 0 Å². The Morgan fingerprint density at radius 3 is 2.59 bits per heavy atom. The Morgan fingerprint density at radius 1 is 1.11 bits per heavy atom. The number of hydrogen-bond acceptors (Lipinski definition) is 5. The fourth-order valence-corrected chi connectivity index (χ4v) is 3.04. The van der Waals surface area contributed by atoms with E-state index in [1.807, 2.05) is 44.2 Å². The van der Waals surface area contributed by atoms with Crippen molar-refractivity contribution in [1.82, 2.24) is 0 Å². The van der Waals surface area contributed by atoms with E-state index in [1.165, 1.54) is 0 Å². The second-order valence-electron chi connectivity index (χ2n) is 6.57. The monoisotopic (exact) mass is 366 g/mol. The van der Waals surface area contributed by atoms with Gasteiger partial charge in [-0.25, -0.2) is 4.79 Å². The Morgan fingerprint density at radius 2 is 1.85 bits per heavy atom. The van der Waals surface area contributed by atoms with Gasteiger partial charge in [-0.15, -0.1) is 0 Å². The van der Waals surface area contributed by atoms with Crippen molar-refractivity contribution in [2.45, 2.75) is 33.5 Å². The quantitative estimate of drug-likeness (QED) is 0.470. The van der Waals surface area contributed by atoms with Crippen molar-refractivity contribution < 1.29 is 23.5 Å². The van der Waals surface area contributed by atoms with Crippen LogP contribution in [0.1, 0.15) is 44.5 Å². The summed E-state index contributed by atoms with van der Waals surface area (Å²) < 4.78 is 16.3. The summed E-state index contributed by atoms with van der Waals surface area (Å²) >= 11 is 0. The minimum absolute atomic E-state index is 0.0682. The number of carbonyl (C=O) groups excluding carboxylic acids is 2. The highest BCUT2D eigenvalue weighted by Crippen LogP contribution is 2.27. The number of para-hydroxylation sites is 1. The van der Waals surface area contributed by atoms with E-state index in [1.54, 1.807) is 26.2 Å². The number of fused-ring (bicyclic) bond motifs is 1. The highest BCUT2D eigenvalue weighted by atomic mass is 16.6. The highest BCUT2D eigenvalue weighted by molar-refractivity contribution is 6.03. The summed E-state index contributed by atoms with van der Waals surface area (Å²) in [5, 5.41) is 0.791. The zero-order valence-corrected chi connectivity index (χ0v) is 15.9. The van der Waals surface area contributed by atoms with Gasteiger partial charge in [0.15, 0.2) is 6.10 Å². The fourth-order valence-electron chi connectivity index (χ4n) is 3.04. The molecule has 1 atom stereocenters. The van der Waals surface area contributed by atoms with Crippen molar-refractivity contribution in [2.75, 3.05) is 7.11 Å². The standard InChI is InChI=1S/C22H22O5/c1-13-9-10-14(2)17(11-13)20(23)15(3)26-22(24)21-18(12-25-4)16-7-5-6-8-19(16)27-21/h5-11,15H,12H2,1-4H3/t15-/m0/s1. The second-order valence-corrected chi connectivity index (χ2v) is 6.57. The lowest BCUT2D eigenvalue weighted by Crippen LogP contribution is -2.25. The van der Waals surface area contributed by atoms with Crippen molar-refractivity contribution in [3.63, 3.8) is 0 Å². The van der Waals surface area contributed by atoms with Gasteiger partial charge in [-0.05, 0) is 38.5 Å². The summed E-state index contributed by atoms with van der Waals surface area (Å²) in [4.78, 5) is 25.4. The third-order valence-electron chi connectivity index (χ3n) is 4.48. The van der Waals surface area contributed by atoms with Crippen molar-refractivity contribution in [2.24, 2.45) is 0 Å². The first-order valence-corrected chi connectivity index (χ1v) is 8.74. The minimum Gasteiger partial charge on any atom is -0.449 e. The van der Waals surface area contributed by atoms with Gasteiger partial charge in [0.1, 0.15) is 5.58 Å². The molecule has 0 saturated heterocycles. The van der Waals surface area contributed by atoms with Crippen LogP contribution in [0.5, 0.6) is 0 Å². The Kier molecular flexibility index (Phi) is 5.42. The molecule has 1 aromatic heterocycles. The molecule has 3 rings (SSSR count). The fraction of sp³-hybridized carbons (Fsp3) is 0.273. The van der Waals surface area contributed by atoms with Crippen LogP contribution in [-0.4, -0.2) is 25.0 Å². The third-order valence-corrected chi connectivity index (χ3v) is 4.48. The van der Waals surface area contributed by atoms with Crippen molar-refractivity contribution in [3.8, 4) is 0 Å². The van der Waals surface area contributed by atoms with E-state index in [9.17, 15) is 9.59 Å². The lowest BCUT2D eigenvalue weighted by atomic mass is 9.99. The first kappa shape index (κ1) is 18.9. The molecule has 5 heteroatoms. The summed E-state index contributed by atoms with van der Waals surface area (Å²) in [5.41, 5.74) is 3.56. The van der Waals surface area contributed by atoms with Crippen LogP contribution >= 0.6 is 0 Å². The third kappa shape index (κ3) is 3.78. The number of methoxy groups -OCH3 is 1. The zero-order chi connectivity index (χ0) is 19.6. The van der Waals surface area contributed by atoms with Gasteiger partial charge in [-0.1, -0.05) is 35.9 Å². The number of aryl methyl sites for hydroxylation is 2. The van der Waals surface area contributed by atoms with Crippen molar-refractivity contribution in [1.29, 1.82) is 0 Å². The number of benzene rings is 2. The molecule has 0 unspecified atom stereocenters. The summed E-state index contributed by atoms with van der Waals surface area (Å²) in [6, 6.07) is 12.9. The molecule has 0 fully saturated rings. The maximum absolute atomic E-state index is 12.7. The number of esters is 1. The number of ether oxygens (including phenoxy) is 2. The highest BCUT2D eigenvalue weighted by Gasteiger charge is 2.27. The molecule has 0 spiro atoms. The Hall–Kier alpha value is -2.92. The molecule has 27 heavy (non-hydrogen) atoms. The molecule has 5 nitrogen and oxygen atoms in total. The van der Waals surface area contributed by atoms with E-state index in [2.05, 4.69) is 0 Å². The Bertz CT molecular complexity index is 999. The van der Waals surface area contributed by atoms with Gasteiger partial charge in [0.05, 0.1) is 6.61 Å². The average Bonchev–Trinajstić information content (AvgIpc) is 3.02. The number of furan rings is 1. The molecule has 0 aliphatic rings. The number of rotatable bonds is 6. The molecule has 0 amide bonds. The van der Waals surface area contributed by atoms with E-state index in [4.69, 9.17) is 13.9 Å². The van der Waals surface area contributed by atoms with Crippen LogP contribution in [0.25, 0.3) is 11.0 Å². The predicted molar refractivity (Wildman–Crippen MR) is 102 cm³/mol. The van der Waals surface area contributed by atoms with Gasteiger partial charge in [-0.3, -0.25) is 4.79 Å². The van der Waals surface area contributed by atoms with Crippen LogP contribution in [0.15, 0.2) is 46.9 Å². The van der Waals surface area contributed by atoms with Crippen molar-refractivity contribution >= 4 is 22.7 Å². The maximum atomic E-state index is 12.7. The van der Waals surface area contributed by atoms with E-state index in [0.29, 0.717) is 16.7 Å². The van der Waals surface area contributed by atoms with E-state index in [-0.39, 0.29) is 18.2 Å². The number of Topliss-reactive ketones (excluding diaryl/α,β-unsaturated/α-hetero) is 1. The van der Waals surface area contributed by atoms with Gasteiger partial charge < -0.3 is 13.9 Å². The summed E-state index contributed by atoms with van der Waals surface area (Å²) in [5.74, 6) is -0.850. The summed E-state index contributed by atoms with van der Waals surface area (Å²) in [7, 11) is 1.55. The topological polar surface area (TPSA) is 65.7 Å². The van der Waals surface area contributed by atoms with Crippen LogP contribution < -0.4 is 0 Å². The van der Waals surface area contributed by atoms with Gasteiger partial charge in [0, 0.05) is 23.6 Å². The number of ketones is 1. The molecular weight excluding hydrogens is 344 g/mol. The van der Waals surface area contributed by atoms with E-state index in [0.717, 1.165) is 16.5 Å². The molecule has 0 aliphatic carbocycles. The lowest BCUT2D eigenvalue weighted by molar-refractivity contribution is 0.0286. The molecule has 140 valence electrons. The number of carbonyl (C=O) groups is 2. The smallest absolute Gasteiger partial charge is 0.375 e. The Balaban J connectivity index is 1.86. The molecule has 1 heterocycles. The molecule has 0 aliphatic heterocycles. The predicted octanol–water partition coefficient (Wildman–Crippen LogP) is 4.62. The first-order valence-electron chi connectivity index (χ1n) is 8.74. The maximum Gasteiger partial charge on any atom is 0.375 e. The number of hydrogen-bond donors (Lipinski definition) is 0. The largest absolute Gasteiger partial charge is 0.449 e. The lowest BCUT2D eigenvalue weighted by Gasteiger charge is -2.14. The van der Waals surface area contributed by atoms with Crippen molar-refractivity contribution in [3.05, 3.63) is 70.5 Å². The minimum atomic E-state index is -0.929. The molecule has 0 saturated carbocycles. The van der Waals surface area contributed by atoms with Gasteiger partial charge in [-0.2, -0.15) is 0 Å². The summed E-state index contributed by atoms with van der Waals surface area (Å²) in [6.07, 6.45) is -0.929. The summed E-state index contributed by atoms with van der Waals surface area (Å²) in [6.45, 7) is 5.55. The Labute approximate surface area is 157 Å². The van der Waals surface area contributed by atoms with Gasteiger partial charge in [0.2, 0.25) is 11.5 Å². The molecule has 0 radical (unpaired) electrons. The average molecular weight is 366 g/mol. The molecule has 0 N–H and O–H groups in total. The normalized spacial score (nSPS) is 12.1. The van der Waals surface area contributed by atoms with Gasteiger partial charge >= 0.3 is 5.97 Å². The van der Waals surface area contributed by atoms with Crippen LogP contribution in [0.4, 0.5) is 0 Å². The molecule has 2 aromatic carbocycles. The first-order chi connectivity index (χ1) is 12.9. The SMILES string of the molecule is COCc1c(C(=O)O[C@@H](C)C(=O)c2cc(C)ccc2C)oc2ccccc12. The van der Waals surface area contributed by atoms with Crippen LogP contribution in [0.2, 0.25) is 0 Å². The second kappa shape index (κ2) is 7.76. The molecule has 0 bridgehead atoms.